The fourth-order valence-corrected chi connectivity index (χ4v) is 2.44. The zero-order valence-corrected chi connectivity index (χ0v) is 14.6. The summed E-state index contributed by atoms with van der Waals surface area (Å²) in [6.07, 6.45) is 3.55. The van der Waals surface area contributed by atoms with Gasteiger partial charge in [-0.15, -0.1) is 10.2 Å². The molecule has 0 aliphatic heterocycles. The number of rotatable bonds is 4. The number of urea groups is 1. The third-order valence-electron chi connectivity index (χ3n) is 3.56. The van der Waals surface area contributed by atoms with Crippen molar-refractivity contribution in [3.63, 3.8) is 0 Å². The zero-order valence-electron chi connectivity index (χ0n) is 14.6. The van der Waals surface area contributed by atoms with Crippen LogP contribution in [0, 0.1) is 6.92 Å². The Bertz CT molecular complexity index is 878. The molecule has 0 bridgehead atoms. The molecule has 0 aliphatic rings. The van der Waals surface area contributed by atoms with E-state index in [0.29, 0.717) is 17.3 Å². The van der Waals surface area contributed by atoms with Crippen LogP contribution in [-0.2, 0) is 7.05 Å². The molecule has 0 radical (unpaired) electrons. The van der Waals surface area contributed by atoms with Crippen molar-refractivity contribution < 1.29 is 4.79 Å². The van der Waals surface area contributed by atoms with Gasteiger partial charge in [-0.2, -0.15) is 10.2 Å². The molecule has 2 amide bonds. The monoisotopic (exact) mass is 340 g/mol. The first-order valence-corrected chi connectivity index (χ1v) is 7.89. The van der Waals surface area contributed by atoms with Crippen molar-refractivity contribution in [1.29, 1.82) is 0 Å². The van der Waals surface area contributed by atoms with E-state index >= 15 is 0 Å². The van der Waals surface area contributed by atoms with Gasteiger partial charge >= 0.3 is 6.03 Å². The summed E-state index contributed by atoms with van der Waals surface area (Å²) in [6.45, 7) is 6.01. The highest BCUT2D eigenvalue weighted by Crippen LogP contribution is 2.16. The minimum absolute atomic E-state index is 0.226. The molecule has 0 atom stereocenters. The lowest BCUT2D eigenvalue weighted by Gasteiger charge is -2.07. The van der Waals surface area contributed by atoms with Gasteiger partial charge in [-0.3, -0.25) is 20.0 Å². The third kappa shape index (κ3) is 3.82. The van der Waals surface area contributed by atoms with E-state index in [1.807, 2.05) is 44.8 Å². The first kappa shape index (κ1) is 16.6. The molecule has 3 aromatic rings. The van der Waals surface area contributed by atoms with Crippen LogP contribution in [0.4, 0.5) is 16.4 Å². The lowest BCUT2D eigenvalue weighted by molar-refractivity contribution is 0.262. The summed E-state index contributed by atoms with van der Waals surface area (Å²) < 4.78 is 3.53. The summed E-state index contributed by atoms with van der Waals surface area (Å²) in [6, 6.07) is 5.09. The molecule has 2 N–H and O–H groups in total. The Morgan fingerprint density at radius 1 is 1.16 bits per heavy atom. The fourth-order valence-electron chi connectivity index (χ4n) is 2.44. The third-order valence-corrected chi connectivity index (χ3v) is 3.56. The second-order valence-corrected chi connectivity index (χ2v) is 5.99. The van der Waals surface area contributed by atoms with Gasteiger partial charge in [-0.1, -0.05) is 0 Å². The van der Waals surface area contributed by atoms with Crippen LogP contribution >= 0.6 is 0 Å². The zero-order chi connectivity index (χ0) is 18.0. The van der Waals surface area contributed by atoms with Crippen molar-refractivity contribution in [2.75, 3.05) is 10.6 Å². The number of carbonyl (C=O) groups is 1. The second-order valence-electron chi connectivity index (χ2n) is 5.99. The number of aryl methyl sites for hydroxylation is 2. The molecule has 3 aromatic heterocycles. The summed E-state index contributed by atoms with van der Waals surface area (Å²) in [5.41, 5.74) is 2.52. The summed E-state index contributed by atoms with van der Waals surface area (Å²) in [4.78, 5) is 12.1. The summed E-state index contributed by atoms with van der Waals surface area (Å²) in [5.74, 6) is 0.841. The molecular formula is C16H20N8O. The molecule has 0 saturated heterocycles. The maximum atomic E-state index is 12.1. The van der Waals surface area contributed by atoms with Crippen LogP contribution in [-0.4, -0.2) is 35.8 Å². The van der Waals surface area contributed by atoms with Gasteiger partial charge in [-0.25, -0.2) is 4.79 Å². The van der Waals surface area contributed by atoms with Crippen molar-refractivity contribution in [3.05, 3.63) is 36.3 Å². The Kier molecular flexibility index (Phi) is 4.46. The summed E-state index contributed by atoms with van der Waals surface area (Å²) >= 11 is 0. The van der Waals surface area contributed by atoms with Crippen LogP contribution in [0.15, 0.2) is 30.6 Å². The van der Waals surface area contributed by atoms with Crippen molar-refractivity contribution in [2.24, 2.45) is 7.05 Å². The number of carbonyl (C=O) groups excluding carboxylic acids is 1. The number of amides is 2. The van der Waals surface area contributed by atoms with Crippen LogP contribution in [0.25, 0.3) is 11.3 Å². The minimum Gasteiger partial charge on any atom is -0.291 e. The van der Waals surface area contributed by atoms with Crippen molar-refractivity contribution >= 4 is 17.7 Å². The number of nitrogens with one attached hydrogen (secondary N) is 2. The maximum Gasteiger partial charge on any atom is 0.326 e. The molecule has 0 aromatic carbocycles. The van der Waals surface area contributed by atoms with E-state index in [1.165, 1.54) is 0 Å². The fraction of sp³-hybridized carbons (Fsp3) is 0.312. The van der Waals surface area contributed by atoms with Gasteiger partial charge in [0.25, 0.3) is 0 Å². The van der Waals surface area contributed by atoms with E-state index in [1.54, 1.807) is 23.0 Å². The van der Waals surface area contributed by atoms with Gasteiger partial charge < -0.3 is 0 Å². The summed E-state index contributed by atoms with van der Waals surface area (Å²) in [7, 11) is 1.83. The Morgan fingerprint density at radius 3 is 2.48 bits per heavy atom. The quantitative estimate of drug-likeness (QED) is 0.760. The van der Waals surface area contributed by atoms with E-state index in [2.05, 4.69) is 31.0 Å². The topological polar surface area (TPSA) is 103 Å². The van der Waals surface area contributed by atoms with Crippen molar-refractivity contribution in [3.8, 4) is 11.3 Å². The van der Waals surface area contributed by atoms with Crippen LogP contribution in [0.5, 0.6) is 0 Å². The molecule has 0 saturated carbocycles. The van der Waals surface area contributed by atoms with E-state index < -0.39 is 6.03 Å². The Hall–Kier alpha value is -3.23. The van der Waals surface area contributed by atoms with Gasteiger partial charge in [-0.05, 0) is 32.9 Å². The predicted molar refractivity (Wildman–Crippen MR) is 94.2 cm³/mol. The lowest BCUT2D eigenvalue weighted by Crippen LogP contribution is -2.20. The Morgan fingerprint density at radius 2 is 1.92 bits per heavy atom. The van der Waals surface area contributed by atoms with Crippen molar-refractivity contribution in [2.45, 2.75) is 26.8 Å². The lowest BCUT2D eigenvalue weighted by atomic mass is 10.2. The molecule has 3 rings (SSSR count). The molecule has 0 fully saturated rings. The first-order valence-electron chi connectivity index (χ1n) is 7.89. The molecule has 0 unspecified atom stereocenters. The maximum absolute atomic E-state index is 12.1. The van der Waals surface area contributed by atoms with E-state index in [-0.39, 0.29) is 6.04 Å². The van der Waals surface area contributed by atoms with Gasteiger partial charge in [0.1, 0.15) is 0 Å². The van der Waals surface area contributed by atoms with Crippen LogP contribution < -0.4 is 10.6 Å². The number of hydrogen-bond donors (Lipinski definition) is 2. The number of nitrogens with zero attached hydrogens (tertiary/aromatic N) is 6. The molecule has 130 valence electrons. The normalized spacial score (nSPS) is 10.9. The number of anilines is 2. The van der Waals surface area contributed by atoms with E-state index in [9.17, 15) is 4.79 Å². The van der Waals surface area contributed by atoms with Crippen LogP contribution in [0.3, 0.4) is 0 Å². The summed E-state index contributed by atoms with van der Waals surface area (Å²) in [5, 5.41) is 21.9. The van der Waals surface area contributed by atoms with E-state index in [0.717, 1.165) is 11.3 Å². The molecule has 0 spiro atoms. The highest BCUT2D eigenvalue weighted by atomic mass is 16.2. The SMILES string of the molecule is Cc1cc(NC(=O)Nc2ccc(-c3cnn(C)c3)nn2)nn1C(C)C. The molecule has 9 nitrogen and oxygen atoms in total. The van der Waals surface area contributed by atoms with Gasteiger partial charge in [0.05, 0.1) is 11.9 Å². The molecule has 9 heteroatoms. The highest BCUT2D eigenvalue weighted by molar-refractivity contribution is 5.98. The minimum atomic E-state index is -0.420. The molecular weight excluding hydrogens is 320 g/mol. The van der Waals surface area contributed by atoms with Gasteiger partial charge in [0, 0.05) is 36.6 Å². The number of hydrogen-bond acceptors (Lipinski definition) is 5. The Balaban J connectivity index is 1.64. The molecule has 25 heavy (non-hydrogen) atoms. The van der Waals surface area contributed by atoms with E-state index in [4.69, 9.17) is 0 Å². The molecule has 0 aliphatic carbocycles. The first-order chi connectivity index (χ1) is 11.9. The standard InChI is InChI=1S/C16H20N8O/c1-10(2)24-11(3)7-15(22-24)19-16(25)18-14-6-5-13(20-21-14)12-8-17-23(4)9-12/h5-10H,1-4H3,(H2,18,19,21,22,25). The predicted octanol–water partition coefficient (Wildman–Crippen LogP) is 2.61. The largest absolute Gasteiger partial charge is 0.326 e. The molecule has 3 heterocycles. The van der Waals surface area contributed by atoms with Gasteiger partial charge in [0.15, 0.2) is 11.6 Å². The Labute approximate surface area is 145 Å². The average molecular weight is 340 g/mol. The second kappa shape index (κ2) is 6.71. The average Bonchev–Trinajstić information content (AvgIpc) is 3.14. The van der Waals surface area contributed by atoms with Gasteiger partial charge in [0.2, 0.25) is 0 Å². The van der Waals surface area contributed by atoms with Crippen molar-refractivity contribution in [1.82, 2.24) is 29.8 Å². The van der Waals surface area contributed by atoms with Crippen LogP contribution in [0.1, 0.15) is 25.6 Å². The smallest absolute Gasteiger partial charge is 0.291 e. The highest BCUT2D eigenvalue weighted by Gasteiger charge is 2.11. The van der Waals surface area contributed by atoms with Crippen LogP contribution in [0.2, 0.25) is 0 Å². The number of aromatic nitrogens is 6.